The van der Waals surface area contributed by atoms with Crippen LogP contribution >= 0.6 is 33.3 Å². The Bertz CT molecular complexity index is 2610. The first-order valence-corrected chi connectivity index (χ1v) is 30.1. The average Bonchev–Trinajstić information content (AvgIpc) is 3.52. The van der Waals surface area contributed by atoms with Crippen molar-refractivity contribution in [2.24, 2.45) is 21.6 Å². The number of carboxylic acid groups (broad SMARTS) is 1. The van der Waals surface area contributed by atoms with Gasteiger partial charge in [0.25, 0.3) is 5.91 Å². The summed E-state index contributed by atoms with van der Waals surface area (Å²) in [5.41, 5.74) is 12.0. The molecule has 10 amide bonds. The van der Waals surface area contributed by atoms with E-state index in [2.05, 4.69) is 63.3 Å². The van der Waals surface area contributed by atoms with Crippen molar-refractivity contribution in [3.8, 4) is 0 Å². The topological polar surface area (TPSA) is 444 Å². The Hall–Kier alpha value is -7.75. The van der Waals surface area contributed by atoms with E-state index in [9.17, 15) is 62.2 Å². The molecule has 0 aromatic heterocycles. The van der Waals surface area contributed by atoms with Crippen LogP contribution in [-0.4, -0.2) is 205 Å². The van der Waals surface area contributed by atoms with Crippen LogP contribution in [-0.2, 0) is 68.7 Å². The van der Waals surface area contributed by atoms with Crippen molar-refractivity contribution in [2.45, 2.75) is 87.2 Å². The van der Waals surface area contributed by atoms with Crippen molar-refractivity contribution >= 4 is 111 Å². The molecule has 2 aromatic rings. The normalized spacial score (nSPS) is 21.9. The number of amides is 10. The SMILES string of the molecule is NC(N)=NCCC[C@@H]1NC(=O)[C@@H]2CSSC[C@H](NC(=O)[C@H](CC(=O)O)NC(=O)CNC1=O)C(=O)N[C@@H](Cc1ccccc1)C(=O)N[C@H](C(=O)NCCOCCO)CSCC(=O)N[C@@H](CCCCNC(=O)CON=Cc1ccc(F)cc1)C(=O)N2. The number of aliphatic imine (C=N–C) groups is 1. The van der Waals surface area contributed by atoms with Gasteiger partial charge in [-0.3, -0.25) is 57.7 Å². The molecule has 16 N–H and O–H groups in total. The molecule has 2 aliphatic heterocycles. The van der Waals surface area contributed by atoms with Crippen LogP contribution in [0.2, 0.25) is 0 Å². The number of hydrogen-bond acceptors (Lipinski definition) is 19. The summed E-state index contributed by atoms with van der Waals surface area (Å²) in [7, 11) is 1.82. The first-order chi connectivity index (χ1) is 40.3. The van der Waals surface area contributed by atoms with Gasteiger partial charge in [-0.1, -0.05) is 69.2 Å². The van der Waals surface area contributed by atoms with Gasteiger partial charge >= 0.3 is 5.97 Å². The summed E-state index contributed by atoms with van der Waals surface area (Å²) in [6, 6.07) is 3.31. The summed E-state index contributed by atoms with van der Waals surface area (Å²) in [5, 5.41) is 48.2. The molecule has 2 aromatic carbocycles. The lowest BCUT2D eigenvalue weighted by Gasteiger charge is -2.27. The lowest BCUT2D eigenvalue weighted by molar-refractivity contribution is -0.141. The largest absolute Gasteiger partial charge is 0.481 e. The number of aliphatic hydroxyl groups excluding tert-OH is 1. The average molecular weight is 1240 g/mol. The van der Waals surface area contributed by atoms with Crippen LogP contribution in [0, 0.1) is 5.82 Å². The molecule has 2 aliphatic rings. The van der Waals surface area contributed by atoms with E-state index in [0.717, 1.165) is 33.3 Å². The number of benzene rings is 2. The quantitative estimate of drug-likeness (QED) is 0.0166. The number of carboxylic acids is 1. The molecule has 33 heteroatoms. The molecule has 0 spiro atoms. The Kier molecular flexibility index (Phi) is 31.2. The van der Waals surface area contributed by atoms with Gasteiger partial charge in [-0.2, -0.15) is 0 Å². The zero-order chi connectivity index (χ0) is 61.2. The maximum absolute atomic E-state index is 14.5. The Morgan fingerprint density at radius 3 is 1.99 bits per heavy atom. The number of carbonyl (C=O) groups is 11. The second-order valence-electron chi connectivity index (χ2n) is 18.6. The molecule has 0 radical (unpaired) electrons. The number of carbonyl (C=O) groups excluding carboxylic acids is 10. The number of nitrogens with zero attached hydrogens (tertiary/aromatic N) is 2. The highest BCUT2D eigenvalue weighted by Crippen LogP contribution is 2.24. The molecular weight excluding hydrogens is 1160 g/mol. The van der Waals surface area contributed by atoms with Gasteiger partial charge in [0.05, 0.1) is 44.8 Å². The number of halogens is 1. The van der Waals surface area contributed by atoms with Crippen LogP contribution in [0.25, 0.3) is 0 Å². The summed E-state index contributed by atoms with van der Waals surface area (Å²) in [4.78, 5) is 160. The van der Waals surface area contributed by atoms with Gasteiger partial charge in [-0.25, -0.2) is 4.39 Å². The molecule has 0 unspecified atom stereocenters. The highest BCUT2D eigenvalue weighted by Gasteiger charge is 2.35. The highest BCUT2D eigenvalue weighted by atomic mass is 33.1. The number of unbranched alkanes of at least 4 members (excludes halogenated alkanes) is 1. The number of nitrogens with one attached hydrogen (secondary N) is 10. The smallest absolute Gasteiger partial charge is 0.305 e. The van der Waals surface area contributed by atoms with Crippen molar-refractivity contribution < 1.29 is 76.9 Å². The molecule has 2 saturated heterocycles. The summed E-state index contributed by atoms with van der Waals surface area (Å²) in [5.74, 6) is -12.2. The van der Waals surface area contributed by atoms with Crippen molar-refractivity contribution in [1.29, 1.82) is 0 Å². The Morgan fingerprint density at radius 1 is 0.690 bits per heavy atom. The number of guanidine groups is 1. The van der Waals surface area contributed by atoms with Gasteiger partial charge in [0, 0.05) is 43.3 Å². The number of aliphatic carboxylic acids is 1. The Balaban J connectivity index is 1.71. The fourth-order valence-electron chi connectivity index (χ4n) is 7.70. The first kappa shape index (κ1) is 68.7. The predicted octanol–water partition coefficient (Wildman–Crippen LogP) is -3.99. The van der Waals surface area contributed by atoms with Gasteiger partial charge < -0.3 is 84.4 Å². The number of nitrogens with two attached hydrogens (primary N) is 2. The van der Waals surface area contributed by atoms with E-state index < -0.39 is 133 Å². The van der Waals surface area contributed by atoms with E-state index in [0.29, 0.717) is 11.1 Å². The summed E-state index contributed by atoms with van der Waals surface area (Å²) < 4.78 is 18.5. The number of aliphatic hydroxyl groups is 1. The second kappa shape index (κ2) is 38.2. The van der Waals surface area contributed by atoms with Gasteiger partial charge in [0.2, 0.25) is 53.2 Å². The maximum Gasteiger partial charge on any atom is 0.305 e. The third kappa shape index (κ3) is 27.1. The van der Waals surface area contributed by atoms with E-state index in [1.165, 1.54) is 30.5 Å². The molecule has 0 aliphatic carbocycles. The van der Waals surface area contributed by atoms with Crippen LogP contribution in [0.1, 0.15) is 49.7 Å². The van der Waals surface area contributed by atoms with Crippen molar-refractivity contribution in [3.05, 3.63) is 71.5 Å². The molecule has 29 nitrogen and oxygen atoms in total. The summed E-state index contributed by atoms with van der Waals surface area (Å²) in [6.45, 7) is -1.58. The predicted molar refractivity (Wildman–Crippen MR) is 309 cm³/mol. The zero-order valence-electron chi connectivity index (χ0n) is 45.6. The van der Waals surface area contributed by atoms with E-state index in [4.69, 9.17) is 26.1 Å². The van der Waals surface area contributed by atoms with Crippen molar-refractivity contribution in [2.75, 3.05) is 75.6 Å². The van der Waals surface area contributed by atoms with Gasteiger partial charge in [-0.05, 0) is 55.4 Å². The molecule has 0 saturated carbocycles. The third-order valence-corrected chi connectivity index (χ3v) is 15.4. The van der Waals surface area contributed by atoms with Crippen LogP contribution in [0.3, 0.4) is 0 Å². The highest BCUT2D eigenvalue weighted by molar-refractivity contribution is 8.76. The monoisotopic (exact) mass is 1230 g/mol. The number of rotatable bonds is 23. The molecule has 2 fully saturated rings. The number of oxime groups is 1. The zero-order valence-corrected chi connectivity index (χ0v) is 48.1. The Labute approximate surface area is 494 Å². The van der Waals surface area contributed by atoms with E-state index in [1.807, 2.05) is 0 Å². The van der Waals surface area contributed by atoms with Crippen molar-refractivity contribution in [1.82, 2.24) is 53.2 Å². The molecule has 2 bridgehead atoms. The van der Waals surface area contributed by atoms with E-state index >= 15 is 0 Å². The number of thioether (sulfide) groups is 1. The standard InChI is InChI=1S/C51H71FN14O15S3/c52-32-13-11-31(12-14-32)23-59-81-25-41(69)55-15-5-4-9-34-46(75)65-38-27-83-84-28-39(66-48(77)36(22-43(71)72)61-40(68)24-58-44(73)33(62-49(38)78)10-6-16-57-51(53)54)50(79)63-35(21-30-7-2-1-3-8-30)47(76)64-37(26-82-29-42(70)60-34)45(74)56-17-19-80-20-18-67/h1-3,7-8,11-14,23,33-39,67H,4-6,9-10,15-22,24-29H2,(H,55,69)(H,56,74)(H,58,73)(H,60,70)(H,61,68)(H,62,78)(H,63,79)(H,64,76)(H,65,75)(H,66,77)(H,71,72)(H4,53,54,57)/t33-,34-,35-,36-,37-,38-,39-/m0/s1. The van der Waals surface area contributed by atoms with Crippen LogP contribution < -0.4 is 64.6 Å². The van der Waals surface area contributed by atoms with Crippen LogP contribution in [0.15, 0.2) is 64.7 Å². The molecule has 2 heterocycles. The lowest BCUT2D eigenvalue weighted by atomic mass is 10.0. The van der Waals surface area contributed by atoms with E-state index in [1.54, 1.807) is 30.3 Å². The summed E-state index contributed by atoms with van der Waals surface area (Å²) >= 11 is 0.892. The van der Waals surface area contributed by atoms with E-state index in [-0.39, 0.29) is 107 Å². The minimum Gasteiger partial charge on any atom is -0.481 e. The second-order valence-corrected chi connectivity index (χ2v) is 22.2. The lowest BCUT2D eigenvalue weighted by Crippen LogP contribution is -2.60. The molecule has 4 rings (SSSR count). The minimum atomic E-state index is -1.81. The van der Waals surface area contributed by atoms with Crippen LogP contribution in [0.4, 0.5) is 4.39 Å². The van der Waals surface area contributed by atoms with Crippen LogP contribution in [0.5, 0.6) is 0 Å². The van der Waals surface area contributed by atoms with Gasteiger partial charge in [0.1, 0.15) is 48.1 Å². The fraction of sp³-hybridized carbons (Fsp3) is 0.510. The molecular formula is C51H71FN14O15S3. The molecule has 84 heavy (non-hydrogen) atoms. The maximum atomic E-state index is 14.5. The number of ether oxygens (including phenoxy) is 1. The van der Waals surface area contributed by atoms with Gasteiger partial charge in [0.15, 0.2) is 12.6 Å². The number of hydrogen-bond donors (Lipinski definition) is 14. The third-order valence-electron chi connectivity index (χ3n) is 11.9. The first-order valence-electron chi connectivity index (χ1n) is 26.5. The molecule has 7 atom stereocenters. The van der Waals surface area contributed by atoms with Crippen molar-refractivity contribution in [3.63, 3.8) is 0 Å². The summed E-state index contributed by atoms with van der Waals surface area (Å²) in [6.07, 6.45) is 0.542. The minimum absolute atomic E-state index is 0.00740. The fourth-order valence-corrected chi connectivity index (χ4v) is 10.9. The van der Waals surface area contributed by atoms with Gasteiger partial charge in [-0.15, -0.1) is 11.8 Å². The number of fused-ring (bicyclic) bond motifs is 5. The molecule has 460 valence electrons. The Morgan fingerprint density at radius 2 is 1.32 bits per heavy atom.